The summed E-state index contributed by atoms with van der Waals surface area (Å²) in [5.41, 5.74) is 6.31. The summed E-state index contributed by atoms with van der Waals surface area (Å²) >= 11 is 12.0. The third kappa shape index (κ3) is 2.80. The number of carbonyl (C=O) groups is 1. The average molecular weight is 296 g/mol. The first-order chi connectivity index (χ1) is 9.00. The quantitative estimate of drug-likeness (QED) is 0.865. The summed E-state index contributed by atoms with van der Waals surface area (Å²) in [6.07, 6.45) is 1.60. The van der Waals surface area contributed by atoms with Crippen molar-refractivity contribution in [2.45, 2.75) is 0 Å². The number of aromatic nitrogens is 1. The van der Waals surface area contributed by atoms with Gasteiger partial charge in [-0.1, -0.05) is 29.3 Å². The molecule has 98 valence electrons. The zero-order chi connectivity index (χ0) is 14.0. The third-order valence-electron chi connectivity index (χ3n) is 2.58. The largest absolute Gasteiger partial charge is 0.399 e. The van der Waals surface area contributed by atoms with Crippen LogP contribution in [-0.2, 0) is 0 Å². The van der Waals surface area contributed by atoms with E-state index in [1.807, 2.05) is 0 Å². The van der Waals surface area contributed by atoms with Crippen molar-refractivity contribution in [1.29, 1.82) is 0 Å². The molecular weight excluding hydrogens is 285 g/mol. The van der Waals surface area contributed by atoms with Gasteiger partial charge in [-0.15, -0.1) is 0 Å². The standard InChI is InChI=1S/C13H11Cl2N3O/c1-18(11-4-2-3-5-17-11)13(19)9-6-8(16)7-10(14)12(9)15/h2-7H,16H2,1H3. The molecule has 2 N–H and O–H groups in total. The summed E-state index contributed by atoms with van der Waals surface area (Å²) in [5, 5.41) is 0.433. The highest BCUT2D eigenvalue weighted by Crippen LogP contribution is 2.30. The van der Waals surface area contributed by atoms with E-state index in [9.17, 15) is 4.79 Å². The second kappa shape index (κ2) is 5.47. The Balaban J connectivity index is 2.40. The van der Waals surface area contributed by atoms with Crippen molar-refractivity contribution in [3.05, 3.63) is 52.1 Å². The monoisotopic (exact) mass is 295 g/mol. The predicted molar refractivity (Wildman–Crippen MR) is 77.8 cm³/mol. The van der Waals surface area contributed by atoms with Gasteiger partial charge in [-0.25, -0.2) is 4.98 Å². The van der Waals surface area contributed by atoms with Gasteiger partial charge in [-0.05, 0) is 24.3 Å². The predicted octanol–water partition coefficient (Wildman–Crippen LogP) is 3.25. The van der Waals surface area contributed by atoms with E-state index in [0.29, 0.717) is 11.5 Å². The number of rotatable bonds is 2. The van der Waals surface area contributed by atoms with Gasteiger partial charge >= 0.3 is 0 Å². The average Bonchev–Trinajstić information content (AvgIpc) is 2.42. The van der Waals surface area contributed by atoms with Gasteiger partial charge in [0.25, 0.3) is 5.91 Å². The van der Waals surface area contributed by atoms with Crippen LogP contribution in [0.4, 0.5) is 11.5 Å². The first-order valence-corrected chi connectivity index (χ1v) is 6.20. The first kappa shape index (κ1) is 13.6. The SMILES string of the molecule is CN(C(=O)c1cc(N)cc(Cl)c1Cl)c1ccccn1. The Bertz CT molecular complexity index is 617. The number of anilines is 2. The van der Waals surface area contributed by atoms with Crippen molar-refractivity contribution in [1.82, 2.24) is 4.98 Å². The van der Waals surface area contributed by atoms with Crippen molar-refractivity contribution >= 4 is 40.6 Å². The van der Waals surface area contributed by atoms with Gasteiger partial charge in [-0.2, -0.15) is 0 Å². The van der Waals surface area contributed by atoms with E-state index in [-0.39, 0.29) is 21.5 Å². The fraction of sp³-hybridized carbons (Fsp3) is 0.0769. The first-order valence-electron chi connectivity index (χ1n) is 5.44. The molecule has 0 aliphatic heterocycles. The molecule has 1 aromatic carbocycles. The molecule has 0 unspecified atom stereocenters. The van der Waals surface area contributed by atoms with E-state index in [2.05, 4.69) is 4.98 Å². The van der Waals surface area contributed by atoms with E-state index in [0.717, 1.165) is 0 Å². The number of halogens is 2. The van der Waals surface area contributed by atoms with Crippen LogP contribution in [0.1, 0.15) is 10.4 Å². The minimum Gasteiger partial charge on any atom is -0.399 e. The molecule has 0 fully saturated rings. The van der Waals surface area contributed by atoms with Crippen molar-refractivity contribution in [3.63, 3.8) is 0 Å². The number of pyridine rings is 1. The fourth-order valence-electron chi connectivity index (χ4n) is 1.60. The van der Waals surface area contributed by atoms with E-state index in [1.165, 1.54) is 17.0 Å². The highest BCUT2D eigenvalue weighted by molar-refractivity contribution is 6.44. The molecule has 1 amide bonds. The van der Waals surface area contributed by atoms with Crippen LogP contribution >= 0.6 is 23.2 Å². The van der Waals surface area contributed by atoms with Gasteiger partial charge in [0.2, 0.25) is 0 Å². The molecule has 1 heterocycles. The normalized spacial score (nSPS) is 10.3. The van der Waals surface area contributed by atoms with Crippen molar-refractivity contribution in [3.8, 4) is 0 Å². The summed E-state index contributed by atoms with van der Waals surface area (Å²) in [7, 11) is 1.61. The summed E-state index contributed by atoms with van der Waals surface area (Å²) in [6.45, 7) is 0. The lowest BCUT2D eigenvalue weighted by Gasteiger charge is -2.17. The summed E-state index contributed by atoms with van der Waals surface area (Å²) in [4.78, 5) is 17.8. The van der Waals surface area contributed by atoms with Crippen molar-refractivity contribution in [2.75, 3.05) is 17.7 Å². The second-order valence-corrected chi connectivity index (χ2v) is 4.70. The number of amides is 1. The molecule has 1 aromatic heterocycles. The fourth-order valence-corrected chi connectivity index (χ4v) is 2.02. The van der Waals surface area contributed by atoms with Crippen LogP contribution in [0.5, 0.6) is 0 Å². The van der Waals surface area contributed by atoms with Gasteiger partial charge in [0.1, 0.15) is 5.82 Å². The maximum absolute atomic E-state index is 12.4. The molecule has 0 radical (unpaired) electrons. The van der Waals surface area contributed by atoms with Crippen LogP contribution in [0.15, 0.2) is 36.5 Å². The lowest BCUT2D eigenvalue weighted by molar-refractivity contribution is 0.0992. The minimum absolute atomic E-state index is 0.184. The summed E-state index contributed by atoms with van der Waals surface area (Å²) in [6, 6.07) is 8.28. The Morgan fingerprint density at radius 1 is 1.32 bits per heavy atom. The van der Waals surface area contributed by atoms with Gasteiger partial charge in [0, 0.05) is 18.9 Å². The Hall–Kier alpha value is -1.78. The topological polar surface area (TPSA) is 59.2 Å². The summed E-state index contributed by atoms with van der Waals surface area (Å²) < 4.78 is 0. The molecule has 6 heteroatoms. The Morgan fingerprint density at radius 2 is 2.05 bits per heavy atom. The van der Waals surface area contributed by atoms with Crippen LogP contribution < -0.4 is 10.6 Å². The molecule has 0 saturated heterocycles. The van der Waals surface area contributed by atoms with Crippen LogP contribution in [0.25, 0.3) is 0 Å². The van der Waals surface area contributed by atoms with Gasteiger partial charge in [-0.3, -0.25) is 9.69 Å². The van der Waals surface area contributed by atoms with Crippen molar-refractivity contribution < 1.29 is 4.79 Å². The molecule has 0 spiro atoms. The van der Waals surface area contributed by atoms with Gasteiger partial charge < -0.3 is 5.73 Å². The van der Waals surface area contributed by atoms with E-state index < -0.39 is 0 Å². The number of nitrogen functional groups attached to an aromatic ring is 1. The smallest absolute Gasteiger partial charge is 0.260 e. The van der Waals surface area contributed by atoms with E-state index >= 15 is 0 Å². The summed E-state index contributed by atoms with van der Waals surface area (Å²) in [5.74, 6) is 0.194. The number of nitrogens with zero attached hydrogens (tertiary/aromatic N) is 2. The molecular formula is C13H11Cl2N3O. The molecule has 4 nitrogen and oxygen atoms in total. The Labute approximate surface area is 120 Å². The number of hydrogen-bond acceptors (Lipinski definition) is 3. The molecule has 0 saturated carbocycles. The molecule has 2 aromatic rings. The number of benzene rings is 1. The number of hydrogen-bond donors (Lipinski definition) is 1. The number of nitrogens with two attached hydrogens (primary N) is 1. The lowest BCUT2D eigenvalue weighted by Crippen LogP contribution is -2.27. The van der Waals surface area contributed by atoms with Crippen molar-refractivity contribution in [2.24, 2.45) is 0 Å². The van der Waals surface area contributed by atoms with Crippen LogP contribution in [0.2, 0.25) is 10.0 Å². The molecule has 0 aliphatic rings. The molecule has 0 aliphatic carbocycles. The van der Waals surface area contributed by atoms with Gasteiger partial charge in [0.15, 0.2) is 0 Å². The van der Waals surface area contributed by atoms with E-state index in [4.69, 9.17) is 28.9 Å². The van der Waals surface area contributed by atoms with Crippen LogP contribution in [0.3, 0.4) is 0 Å². The Kier molecular flexibility index (Phi) is 3.93. The molecule has 19 heavy (non-hydrogen) atoms. The van der Waals surface area contributed by atoms with E-state index in [1.54, 1.807) is 31.4 Å². The molecule has 0 bridgehead atoms. The van der Waals surface area contributed by atoms with Crippen LogP contribution in [-0.4, -0.2) is 17.9 Å². The molecule has 2 rings (SSSR count). The minimum atomic E-state index is -0.321. The molecule has 0 atom stereocenters. The van der Waals surface area contributed by atoms with Crippen LogP contribution in [0, 0.1) is 0 Å². The zero-order valence-electron chi connectivity index (χ0n) is 10.1. The highest BCUT2D eigenvalue weighted by atomic mass is 35.5. The van der Waals surface area contributed by atoms with Gasteiger partial charge in [0.05, 0.1) is 15.6 Å². The highest BCUT2D eigenvalue weighted by Gasteiger charge is 2.19. The lowest BCUT2D eigenvalue weighted by atomic mass is 10.1. The Morgan fingerprint density at radius 3 is 2.68 bits per heavy atom. The third-order valence-corrected chi connectivity index (χ3v) is 3.38. The number of carbonyl (C=O) groups excluding carboxylic acids is 1. The zero-order valence-corrected chi connectivity index (χ0v) is 11.6. The second-order valence-electron chi connectivity index (χ2n) is 3.92. The maximum atomic E-state index is 12.4. The maximum Gasteiger partial charge on any atom is 0.260 e.